The third kappa shape index (κ3) is 3.53. The van der Waals surface area contributed by atoms with Crippen molar-refractivity contribution in [2.75, 3.05) is 11.0 Å². The maximum atomic E-state index is 13.6. The Hall–Kier alpha value is -1.62. The fraction of sp³-hybridized carbons (Fsp3) is 0.467. The summed E-state index contributed by atoms with van der Waals surface area (Å²) in [4.78, 5) is 24.3. The first-order valence-electron chi connectivity index (χ1n) is 6.90. The lowest BCUT2D eigenvalue weighted by molar-refractivity contribution is -0.151. The highest BCUT2D eigenvalue weighted by Crippen LogP contribution is 2.37. The van der Waals surface area contributed by atoms with E-state index in [0.717, 1.165) is 4.42 Å². The molecule has 6 heteroatoms. The first-order chi connectivity index (χ1) is 10.0. The van der Waals surface area contributed by atoms with Crippen LogP contribution in [0.3, 0.4) is 0 Å². The molecule has 1 aliphatic carbocycles. The van der Waals surface area contributed by atoms with E-state index in [9.17, 15) is 14.0 Å². The fourth-order valence-electron chi connectivity index (χ4n) is 2.59. The van der Waals surface area contributed by atoms with Crippen molar-refractivity contribution in [3.8, 4) is 0 Å². The number of carbonyl (C=O) groups is 2. The van der Waals surface area contributed by atoms with Gasteiger partial charge in [-0.3, -0.25) is 9.59 Å². The number of halogens is 2. The molecule has 0 spiro atoms. The molecule has 1 fully saturated rings. The van der Waals surface area contributed by atoms with Crippen LogP contribution in [0.4, 0.5) is 10.1 Å². The number of esters is 1. The molecule has 2 rings (SSSR count). The SMILES string of the molecule is CCOC(=O)C1CC(F)CC1C(=O)N(Cl)c1ccccc1. The zero-order valence-electron chi connectivity index (χ0n) is 11.7. The van der Waals surface area contributed by atoms with Gasteiger partial charge in [-0.1, -0.05) is 18.2 Å². The number of amides is 1. The third-order valence-corrected chi connectivity index (χ3v) is 3.95. The summed E-state index contributed by atoms with van der Waals surface area (Å²) in [7, 11) is 0. The molecule has 1 aromatic carbocycles. The molecule has 1 aliphatic rings. The smallest absolute Gasteiger partial charge is 0.309 e. The zero-order valence-corrected chi connectivity index (χ0v) is 12.4. The lowest BCUT2D eigenvalue weighted by Crippen LogP contribution is -2.34. The predicted molar refractivity (Wildman–Crippen MR) is 77.5 cm³/mol. The zero-order chi connectivity index (χ0) is 15.4. The number of ether oxygens (including phenoxy) is 1. The van der Waals surface area contributed by atoms with E-state index >= 15 is 0 Å². The monoisotopic (exact) mass is 313 g/mol. The largest absolute Gasteiger partial charge is 0.466 e. The second-order valence-electron chi connectivity index (χ2n) is 4.99. The molecule has 3 atom stereocenters. The van der Waals surface area contributed by atoms with Crippen LogP contribution in [0.5, 0.6) is 0 Å². The number of hydrogen-bond acceptors (Lipinski definition) is 3. The van der Waals surface area contributed by atoms with Crippen LogP contribution in [-0.4, -0.2) is 24.7 Å². The van der Waals surface area contributed by atoms with Crippen LogP contribution in [0.15, 0.2) is 30.3 Å². The summed E-state index contributed by atoms with van der Waals surface area (Å²) in [6.45, 7) is 1.88. The third-order valence-electron chi connectivity index (χ3n) is 3.59. The molecule has 0 aromatic heterocycles. The first-order valence-corrected chi connectivity index (χ1v) is 7.24. The van der Waals surface area contributed by atoms with Crippen molar-refractivity contribution in [1.82, 2.24) is 0 Å². The quantitative estimate of drug-likeness (QED) is 0.634. The van der Waals surface area contributed by atoms with E-state index in [2.05, 4.69) is 0 Å². The van der Waals surface area contributed by atoms with Gasteiger partial charge < -0.3 is 4.74 Å². The van der Waals surface area contributed by atoms with Crippen LogP contribution < -0.4 is 4.42 Å². The van der Waals surface area contributed by atoms with E-state index in [0.29, 0.717) is 5.69 Å². The maximum absolute atomic E-state index is 13.6. The van der Waals surface area contributed by atoms with Crippen LogP contribution in [0, 0.1) is 11.8 Å². The number of alkyl halides is 1. The van der Waals surface area contributed by atoms with Crippen LogP contribution in [0.2, 0.25) is 0 Å². The Morgan fingerprint density at radius 1 is 1.29 bits per heavy atom. The van der Waals surface area contributed by atoms with E-state index in [-0.39, 0.29) is 19.4 Å². The summed E-state index contributed by atoms with van der Waals surface area (Å²) in [6.07, 6.45) is -1.18. The second-order valence-corrected chi connectivity index (χ2v) is 5.33. The Bertz CT molecular complexity index is 511. The van der Waals surface area contributed by atoms with Gasteiger partial charge >= 0.3 is 5.97 Å². The van der Waals surface area contributed by atoms with E-state index in [1.807, 2.05) is 0 Å². The Morgan fingerprint density at radius 3 is 2.52 bits per heavy atom. The molecular formula is C15H17ClFNO3. The van der Waals surface area contributed by atoms with Crippen LogP contribution in [0.1, 0.15) is 19.8 Å². The van der Waals surface area contributed by atoms with Gasteiger partial charge in [0.1, 0.15) is 6.17 Å². The summed E-state index contributed by atoms with van der Waals surface area (Å²) >= 11 is 6.04. The summed E-state index contributed by atoms with van der Waals surface area (Å²) in [6, 6.07) is 8.63. The Labute approximate surface area is 127 Å². The molecule has 1 aromatic rings. The fourth-order valence-corrected chi connectivity index (χ4v) is 2.83. The molecule has 1 saturated carbocycles. The number of anilines is 1. The molecule has 0 N–H and O–H groups in total. The number of benzene rings is 1. The molecule has 0 saturated heterocycles. The first kappa shape index (κ1) is 15.8. The summed E-state index contributed by atoms with van der Waals surface area (Å²) in [5.74, 6) is -2.55. The predicted octanol–water partition coefficient (Wildman–Crippen LogP) is 3.10. The number of hydrogen-bond donors (Lipinski definition) is 0. The highest BCUT2D eigenvalue weighted by molar-refractivity contribution is 6.37. The highest BCUT2D eigenvalue weighted by atomic mass is 35.5. The van der Waals surface area contributed by atoms with Crippen molar-refractivity contribution in [2.24, 2.45) is 11.8 Å². The topological polar surface area (TPSA) is 46.6 Å². The average Bonchev–Trinajstić information content (AvgIpc) is 2.89. The van der Waals surface area contributed by atoms with Crippen LogP contribution in [0.25, 0.3) is 0 Å². The molecule has 0 radical (unpaired) electrons. The average molecular weight is 314 g/mol. The number of carbonyl (C=O) groups excluding carboxylic acids is 2. The minimum atomic E-state index is -1.19. The molecule has 3 unspecified atom stereocenters. The number of nitrogens with zero attached hydrogens (tertiary/aromatic N) is 1. The van der Waals surface area contributed by atoms with Gasteiger partial charge in [0.05, 0.1) is 24.1 Å². The minimum absolute atomic E-state index is 0.00162. The van der Waals surface area contributed by atoms with E-state index in [4.69, 9.17) is 16.5 Å². The van der Waals surface area contributed by atoms with Gasteiger partial charge in [0.25, 0.3) is 0 Å². The van der Waals surface area contributed by atoms with Gasteiger partial charge in [-0.25, -0.2) is 8.81 Å². The Morgan fingerprint density at radius 2 is 1.90 bits per heavy atom. The number of para-hydroxylation sites is 1. The van der Waals surface area contributed by atoms with Gasteiger partial charge in [-0.05, 0) is 31.9 Å². The van der Waals surface area contributed by atoms with Gasteiger partial charge in [-0.2, -0.15) is 0 Å². The molecule has 4 nitrogen and oxygen atoms in total. The molecule has 1 amide bonds. The normalized spacial score (nSPS) is 24.6. The van der Waals surface area contributed by atoms with Crippen molar-refractivity contribution >= 4 is 29.3 Å². The van der Waals surface area contributed by atoms with Crippen molar-refractivity contribution in [3.05, 3.63) is 30.3 Å². The Kier molecular flexibility index (Phi) is 5.17. The van der Waals surface area contributed by atoms with E-state index in [1.165, 1.54) is 0 Å². The van der Waals surface area contributed by atoms with E-state index < -0.39 is 29.9 Å². The summed E-state index contributed by atoms with van der Waals surface area (Å²) in [5.41, 5.74) is 0.495. The lowest BCUT2D eigenvalue weighted by Gasteiger charge is -2.21. The van der Waals surface area contributed by atoms with Crippen LogP contribution >= 0.6 is 11.8 Å². The molecule has 21 heavy (non-hydrogen) atoms. The lowest BCUT2D eigenvalue weighted by atomic mass is 9.95. The molecule has 0 aliphatic heterocycles. The Balaban J connectivity index is 2.14. The van der Waals surface area contributed by atoms with Gasteiger partial charge in [0, 0.05) is 11.8 Å². The standard InChI is InChI=1S/C15H17ClFNO3/c1-2-21-15(20)13-9-10(17)8-12(13)14(19)18(16)11-6-4-3-5-7-11/h3-7,10,12-13H,2,8-9H2,1H3. The van der Waals surface area contributed by atoms with Crippen LogP contribution in [-0.2, 0) is 14.3 Å². The summed E-state index contributed by atoms with van der Waals surface area (Å²) < 4.78 is 19.5. The second kappa shape index (κ2) is 6.89. The van der Waals surface area contributed by atoms with Crippen molar-refractivity contribution in [2.45, 2.75) is 25.9 Å². The summed E-state index contributed by atoms with van der Waals surface area (Å²) in [5, 5.41) is 0. The van der Waals surface area contributed by atoms with Crippen molar-refractivity contribution < 1.29 is 18.7 Å². The molecular weight excluding hydrogens is 297 g/mol. The van der Waals surface area contributed by atoms with E-state index in [1.54, 1.807) is 37.3 Å². The van der Waals surface area contributed by atoms with Crippen molar-refractivity contribution in [3.63, 3.8) is 0 Å². The minimum Gasteiger partial charge on any atom is -0.466 e. The molecule has 114 valence electrons. The molecule has 0 bridgehead atoms. The number of rotatable bonds is 4. The maximum Gasteiger partial charge on any atom is 0.309 e. The molecule has 0 heterocycles. The van der Waals surface area contributed by atoms with Crippen molar-refractivity contribution in [1.29, 1.82) is 0 Å². The van der Waals surface area contributed by atoms with Gasteiger partial charge in [-0.15, -0.1) is 0 Å². The highest BCUT2D eigenvalue weighted by Gasteiger charge is 2.45. The van der Waals surface area contributed by atoms with Gasteiger partial charge in [0.15, 0.2) is 0 Å². The van der Waals surface area contributed by atoms with Gasteiger partial charge in [0.2, 0.25) is 5.91 Å².